The monoisotopic (exact) mass is 244 g/mol. The Morgan fingerprint density at radius 2 is 2.00 bits per heavy atom. The predicted molar refractivity (Wildman–Crippen MR) is 72.4 cm³/mol. The summed E-state index contributed by atoms with van der Waals surface area (Å²) in [5.74, 6) is 0. The highest BCUT2D eigenvalue weighted by molar-refractivity contribution is 5.49. The zero-order valence-electron chi connectivity index (χ0n) is 11.2. The molecule has 0 aromatic heterocycles. The van der Waals surface area contributed by atoms with Crippen molar-refractivity contribution < 1.29 is 4.74 Å². The smallest absolute Gasteiger partial charge is 0.130 e. The van der Waals surface area contributed by atoms with Crippen LogP contribution >= 0.6 is 0 Å². The van der Waals surface area contributed by atoms with Crippen molar-refractivity contribution in [1.82, 2.24) is 0 Å². The Labute approximate surface area is 109 Å². The molecule has 0 bridgehead atoms. The number of hydrogen-bond acceptors (Lipinski definition) is 3. The number of nitrogens with zero attached hydrogens (tertiary/aromatic N) is 1. The van der Waals surface area contributed by atoms with Crippen LogP contribution in [0.1, 0.15) is 32.3 Å². The van der Waals surface area contributed by atoms with Crippen molar-refractivity contribution in [3.8, 4) is 6.07 Å². The highest BCUT2D eigenvalue weighted by atomic mass is 16.5. The lowest BCUT2D eigenvalue weighted by Crippen LogP contribution is -2.48. The molecule has 96 valence electrons. The summed E-state index contributed by atoms with van der Waals surface area (Å²) in [5.41, 5.74) is 1.70. The summed E-state index contributed by atoms with van der Waals surface area (Å²) in [6.45, 7) is 6.11. The average Bonchev–Trinajstić information content (AvgIpc) is 2.27. The van der Waals surface area contributed by atoms with Gasteiger partial charge < -0.3 is 10.1 Å². The minimum atomic E-state index is -0.509. The van der Waals surface area contributed by atoms with Crippen LogP contribution in [-0.4, -0.2) is 17.7 Å². The van der Waals surface area contributed by atoms with Crippen LogP contribution in [0.25, 0.3) is 0 Å². The van der Waals surface area contributed by atoms with E-state index in [1.54, 1.807) is 0 Å². The fourth-order valence-corrected chi connectivity index (χ4v) is 2.78. The number of ether oxygens (including phenoxy) is 1. The van der Waals surface area contributed by atoms with E-state index in [0.29, 0.717) is 0 Å². The Morgan fingerprint density at radius 1 is 1.33 bits per heavy atom. The zero-order chi connectivity index (χ0) is 13.2. The summed E-state index contributed by atoms with van der Waals surface area (Å²) in [6, 6.07) is 10.6. The van der Waals surface area contributed by atoms with Crippen LogP contribution in [0.4, 0.5) is 5.69 Å². The molecule has 2 atom stereocenters. The van der Waals surface area contributed by atoms with Crippen LogP contribution in [0.3, 0.4) is 0 Å². The molecule has 3 heteroatoms. The van der Waals surface area contributed by atoms with Gasteiger partial charge in [0, 0.05) is 18.5 Å². The van der Waals surface area contributed by atoms with Crippen molar-refractivity contribution in [2.24, 2.45) is 0 Å². The predicted octanol–water partition coefficient (Wildman–Crippen LogP) is 3.26. The molecule has 1 aliphatic heterocycles. The SMILES string of the molecule is Cc1cccc(NC2(C#N)CC(C)OC(C)C2)c1. The maximum absolute atomic E-state index is 9.54. The summed E-state index contributed by atoms with van der Waals surface area (Å²) in [5, 5.41) is 12.9. The molecule has 1 aromatic rings. The first-order valence-corrected chi connectivity index (χ1v) is 6.44. The van der Waals surface area contributed by atoms with E-state index in [1.165, 1.54) is 5.56 Å². The van der Waals surface area contributed by atoms with Crippen molar-refractivity contribution in [2.75, 3.05) is 5.32 Å². The van der Waals surface area contributed by atoms with Gasteiger partial charge in [0.25, 0.3) is 0 Å². The van der Waals surface area contributed by atoms with E-state index < -0.39 is 5.54 Å². The lowest BCUT2D eigenvalue weighted by Gasteiger charge is -2.39. The lowest BCUT2D eigenvalue weighted by atomic mass is 9.85. The van der Waals surface area contributed by atoms with Crippen molar-refractivity contribution in [1.29, 1.82) is 5.26 Å². The van der Waals surface area contributed by atoms with Crippen LogP contribution in [0.2, 0.25) is 0 Å². The Morgan fingerprint density at radius 3 is 2.56 bits per heavy atom. The number of hydrogen-bond donors (Lipinski definition) is 1. The van der Waals surface area contributed by atoms with Gasteiger partial charge in [-0.05, 0) is 38.5 Å². The molecule has 3 nitrogen and oxygen atoms in total. The highest BCUT2D eigenvalue weighted by Crippen LogP contribution is 2.31. The Bertz CT molecular complexity index is 454. The van der Waals surface area contributed by atoms with Gasteiger partial charge in [-0.15, -0.1) is 0 Å². The molecule has 1 fully saturated rings. The second-order valence-corrected chi connectivity index (χ2v) is 5.35. The summed E-state index contributed by atoms with van der Waals surface area (Å²) < 4.78 is 5.71. The minimum absolute atomic E-state index is 0.116. The van der Waals surface area contributed by atoms with Gasteiger partial charge in [-0.25, -0.2) is 0 Å². The highest BCUT2D eigenvalue weighted by Gasteiger charge is 2.38. The fourth-order valence-electron chi connectivity index (χ4n) is 2.78. The van der Waals surface area contributed by atoms with E-state index in [1.807, 2.05) is 26.0 Å². The van der Waals surface area contributed by atoms with E-state index in [4.69, 9.17) is 4.74 Å². The molecule has 2 rings (SSSR count). The summed E-state index contributed by atoms with van der Waals surface area (Å²) in [7, 11) is 0. The van der Waals surface area contributed by atoms with Gasteiger partial charge in [-0.3, -0.25) is 0 Å². The Kier molecular flexibility index (Phi) is 3.58. The molecule has 0 amide bonds. The van der Waals surface area contributed by atoms with Crippen LogP contribution in [0, 0.1) is 18.3 Å². The van der Waals surface area contributed by atoms with E-state index in [2.05, 4.69) is 30.4 Å². The standard InChI is InChI=1S/C15H20N2O/c1-11-5-4-6-14(7-11)17-15(10-16)8-12(2)18-13(3)9-15/h4-7,12-13,17H,8-9H2,1-3H3. The van der Waals surface area contributed by atoms with Crippen LogP contribution < -0.4 is 5.32 Å². The first-order valence-electron chi connectivity index (χ1n) is 6.44. The first-order chi connectivity index (χ1) is 8.53. The summed E-state index contributed by atoms with van der Waals surface area (Å²) in [4.78, 5) is 0. The molecule has 1 N–H and O–H groups in total. The summed E-state index contributed by atoms with van der Waals surface area (Å²) in [6.07, 6.45) is 1.68. The van der Waals surface area contributed by atoms with E-state index in [-0.39, 0.29) is 12.2 Å². The maximum atomic E-state index is 9.54. The van der Waals surface area contributed by atoms with Crippen molar-refractivity contribution in [3.63, 3.8) is 0 Å². The fraction of sp³-hybridized carbons (Fsp3) is 0.533. The normalized spacial score (nSPS) is 31.7. The van der Waals surface area contributed by atoms with Gasteiger partial charge in [-0.1, -0.05) is 12.1 Å². The number of nitrogens with one attached hydrogen (secondary N) is 1. The third-order valence-corrected chi connectivity index (χ3v) is 3.35. The van der Waals surface area contributed by atoms with Crippen LogP contribution in [-0.2, 0) is 4.74 Å². The number of nitriles is 1. The molecule has 18 heavy (non-hydrogen) atoms. The van der Waals surface area contributed by atoms with Gasteiger partial charge >= 0.3 is 0 Å². The van der Waals surface area contributed by atoms with Crippen molar-refractivity contribution >= 4 is 5.69 Å². The van der Waals surface area contributed by atoms with Crippen LogP contribution in [0.5, 0.6) is 0 Å². The molecule has 0 radical (unpaired) electrons. The summed E-state index contributed by atoms with van der Waals surface area (Å²) >= 11 is 0. The molecule has 0 aliphatic carbocycles. The largest absolute Gasteiger partial charge is 0.375 e. The topological polar surface area (TPSA) is 45.0 Å². The van der Waals surface area contributed by atoms with E-state index in [0.717, 1.165) is 18.5 Å². The second-order valence-electron chi connectivity index (χ2n) is 5.35. The van der Waals surface area contributed by atoms with Gasteiger partial charge in [-0.2, -0.15) is 5.26 Å². The maximum Gasteiger partial charge on any atom is 0.130 e. The number of anilines is 1. The van der Waals surface area contributed by atoms with Gasteiger partial charge in [0.15, 0.2) is 0 Å². The van der Waals surface area contributed by atoms with E-state index in [9.17, 15) is 5.26 Å². The molecule has 1 aromatic carbocycles. The molecule has 0 saturated carbocycles. The van der Waals surface area contributed by atoms with Gasteiger partial charge in [0.1, 0.15) is 5.54 Å². The molecule has 1 heterocycles. The van der Waals surface area contributed by atoms with Gasteiger partial charge in [0.2, 0.25) is 0 Å². The Hall–Kier alpha value is -1.53. The third-order valence-electron chi connectivity index (χ3n) is 3.35. The molecule has 2 unspecified atom stereocenters. The molecular weight excluding hydrogens is 224 g/mol. The first kappa shape index (κ1) is 12.9. The van der Waals surface area contributed by atoms with Gasteiger partial charge in [0.05, 0.1) is 18.3 Å². The van der Waals surface area contributed by atoms with Crippen molar-refractivity contribution in [2.45, 2.75) is 51.4 Å². The molecule has 1 saturated heterocycles. The third kappa shape index (κ3) is 2.83. The zero-order valence-corrected chi connectivity index (χ0v) is 11.2. The number of aryl methyl sites for hydroxylation is 1. The van der Waals surface area contributed by atoms with E-state index >= 15 is 0 Å². The second kappa shape index (κ2) is 4.99. The molecular formula is C15H20N2O. The quantitative estimate of drug-likeness (QED) is 0.868. The van der Waals surface area contributed by atoms with Crippen LogP contribution in [0.15, 0.2) is 24.3 Å². The lowest BCUT2D eigenvalue weighted by molar-refractivity contribution is -0.0451. The number of rotatable bonds is 2. The van der Waals surface area contributed by atoms with Crippen molar-refractivity contribution in [3.05, 3.63) is 29.8 Å². The minimum Gasteiger partial charge on any atom is -0.375 e. The number of benzene rings is 1. The Balaban J connectivity index is 2.21. The molecule has 0 spiro atoms. The average molecular weight is 244 g/mol. The molecule has 1 aliphatic rings.